The van der Waals surface area contributed by atoms with E-state index in [0.29, 0.717) is 5.75 Å². The highest BCUT2D eigenvalue weighted by molar-refractivity contribution is 7.99. The summed E-state index contributed by atoms with van der Waals surface area (Å²) >= 11 is 1.42. The maximum atomic E-state index is 12.2. The molecule has 0 aliphatic heterocycles. The summed E-state index contributed by atoms with van der Waals surface area (Å²) in [5.41, 5.74) is 5.55. The summed E-state index contributed by atoms with van der Waals surface area (Å²) in [6.45, 7) is 6.19. The maximum Gasteiger partial charge on any atom is 0.230 e. The van der Waals surface area contributed by atoms with Gasteiger partial charge in [0.2, 0.25) is 5.91 Å². The quantitative estimate of drug-likeness (QED) is 0.646. The van der Waals surface area contributed by atoms with Crippen LogP contribution in [-0.2, 0) is 11.2 Å². The SMILES string of the molecule is CCc1ccc([C@@H](C)NC(=O)CSc2nc3ccc(C)cc3[nH]2)cc1. The van der Waals surface area contributed by atoms with Gasteiger partial charge < -0.3 is 10.3 Å². The number of carbonyl (C=O) groups excluding carboxylic acids is 1. The van der Waals surface area contributed by atoms with Gasteiger partial charge in [0.1, 0.15) is 0 Å². The molecule has 0 unspecified atom stereocenters. The topological polar surface area (TPSA) is 57.8 Å². The van der Waals surface area contributed by atoms with E-state index >= 15 is 0 Å². The lowest BCUT2D eigenvalue weighted by atomic mass is 10.1. The van der Waals surface area contributed by atoms with E-state index in [1.165, 1.54) is 22.9 Å². The first-order valence-corrected chi connectivity index (χ1v) is 9.51. The molecule has 4 nitrogen and oxygen atoms in total. The van der Waals surface area contributed by atoms with E-state index in [4.69, 9.17) is 0 Å². The van der Waals surface area contributed by atoms with Crippen LogP contribution in [0.3, 0.4) is 0 Å². The fourth-order valence-electron chi connectivity index (χ4n) is 2.71. The van der Waals surface area contributed by atoms with Crippen LogP contribution in [-0.4, -0.2) is 21.6 Å². The van der Waals surface area contributed by atoms with Gasteiger partial charge in [0.15, 0.2) is 5.16 Å². The summed E-state index contributed by atoms with van der Waals surface area (Å²) in [4.78, 5) is 20.0. The Balaban J connectivity index is 1.55. The van der Waals surface area contributed by atoms with Gasteiger partial charge in [0, 0.05) is 0 Å². The number of hydrogen-bond donors (Lipinski definition) is 2. The minimum absolute atomic E-state index is 0.00247. The number of fused-ring (bicyclic) bond motifs is 1. The third-order valence-corrected chi connectivity index (χ3v) is 5.09. The molecule has 130 valence electrons. The van der Waals surface area contributed by atoms with Gasteiger partial charge in [-0.3, -0.25) is 4.79 Å². The van der Waals surface area contributed by atoms with E-state index in [0.717, 1.165) is 28.2 Å². The van der Waals surface area contributed by atoms with Crippen LogP contribution in [0.4, 0.5) is 0 Å². The number of imidazole rings is 1. The first-order chi connectivity index (χ1) is 12.0. The lowest BCUT2D eigenvalue weighted by molar-refractivity contribution is -0.119. The number of nitrogens with one attached hydrogen (secondary N) is 2. The van der Waals surface area contributed by atoms with Crippen molar-refractivity contribution in [3.05, 3.63) is 59.2 Å². The first-order valence-electron chi connectivity index (χ1n) is 8.52. The maximum absolute atomic E-state index is 12.2. The van der Waals surface area contributed by atoms with Crippen LogP contribution < -0.4 is 5.32 Å². The van der Waals surface area contributed by atoms with Crippen LogP contribution in [0.5, 0.6) is 0 Å². The molecular formula is C20H23N3OS. The monoisotopic (exact) mass is 353 g/mol. The minimum atomic E-state index is -0.00247. The van der Waals surface area contributed by atoms with E-state index in [2.05, 4.69) is 59.5 Å². The van der Waals surface area contributed by atoms with Crippen LogP contribution in [0.25, 0.3) is 11.0 Å². The Hall–Kier alpha value is -2.27. The summed E-state index contributed by atoms with van der Waals surface area (Å²) < 4.78 is 0. The average molecular weight is 353 g/mol. The summed E-state index contributed by atoms with van der Waals surface area (Å²) in [5, 5.41) is 3.82. The van der Waals surface area contributed by atoms with Crippen LogP contribution in [0.1, 0.15) is 36.6 Å². The molecule has 0 fully saturated rings. The molecule has 0 saturated carbocycles. The molecule has 0 aliphatic carbocycles. The molecule has 3 aromatic rings. The molecule has 0 aliphatic rings. The molecular weight excluding hydrogens is 330 g/mol. The molecule has 3 rings (SSSR count). The Labute approximate surface area is 152 Å². The fourth-order valence-corrected chi connectivity index (χ4v) is 3.41. The average Bonchev–Trinajstić information content (AvgIpc) is 3.02. The molecule has 0 bridgehead atoms. The number of nitrogens with zero attached hydrogens (tertiary/aromatic N) is 1. The highest BCUT2D eigenvalue weighted by Crippen LogP contribution is 2.20. The molecule has 1 aromatic heterocycles. The fraction of sp³-hybridized carbons (Fsp3) is 0.300. The standard InChI is InChI=1S/C20H23N3OS/c1-4-15-6-8-16(9-7-15)14(3)21-19(24)12-25-20-22-17-10-5-13(2)11-18(17)23-20/h5-11,14H,4,12H2,1-3H3,(H,21,24)(H,22,23)/t14-/m1/s1. The minimum Gasteiger partial charge on any atom is -0.349 e. The van der Waals surface area contributed by atoms with Crippen LogP contribution in [0.2, 0.25) is 0 Å². The Morgan fingerprint density at radius 1 is 1.24 bits per heavy atom. The van der Waals surface area contributed by atoms with Crippen molar-refractivity contribution in [1.29, 1.82) is 0 Å². The van der Waals surface area contributed by atoms with Crippen molar-refractivity contribution in [2.45, 2.75) is 38.4 Å². The van der Waals surface area contributed by atoms with Crippen molar-refractivity contribution in [2.75, 3.05) is 5.75 Å². The van der Waals surface area contributed by atoms with Crippen molar-refractivity contribution < 1.29 is 4.79 Å². The lowest BCUT2D eigenvalue weighted by Gasteiger charge is -2.14. The highest BCUT2D eigenvalue weighted by Gasteiger charge is 2.11. The Morgan fingerprint density at radius 3 is 2.72 bits per heavy atom. The zero-order valence-corrected chi connectivity index (χ0v) is 15.6. The van der Waals surface area contributed by atoms with Gasteiger partial charge in [-0.2, -0.15) is 0 Å². The Kier molecular flexibility index (Phi) is 5.43. The van der Waals surface area contributed by atoms with Crippen molar-refractivity contribution in [2.24, 2.45) is 0 Å². The summed E-state index contributed by atoms with van der Waals surface area (Å²) in [5.74, 6) is 0.352. The number of benzene rings is 2. The predicted octanol–water partition coefficient (Wildman–Crippen LogP) is 4.40. The number of amides is 1. The summed E-state index contributed by atoms with van der Waals surface area (Å²) in [7, 11) is 0. The second-order valence-corrected chi connectivity index (χ2v) is 7.20. The molecule has 1 atom stereocenters. The van der Waals surface area contributed by atoms with E-state index in [-0.39, 0.29) is 11.9 Å². The largest absolute Gasteiger partial charge is 0.349 e. The van der Waals surface area contributed by atoms with Gasteiger partial charge in [0.25, 0.3) is 0 Å². The molecule has 2 aromatic carbocycles. The number of H-pyrrole nitrogens is 1. The molecule has 25 heavy (non-hydrogen) atoms. The van der Waals surface area contributed by atoms with Gasteiger partial charge in [-0.15, -0.1) is 0 Å². The molecule has 2 N–H and O–H groups in total. The molecule has 0 spiro atoms. The molecule has 0 saturated heterocycles. The van der Waals surface area contributed by atoms with Gasteiger partial charge in [-0.05, 0) is 49.1 Å². The van der Waals surface area contributed by atoms with E-state index in [1.807, 2.05) is 19.1 Å². The predicted molar refractivity (Wildman–Crippen MR) is 104 cm³/mol. The van der Waals surface area contributed by atoms with Crippen LogP contribution in [0, 0.1) is 6.92 Å². The molecule has 5 heteroatoms. The number of hydrogen-bond acceptors (Lipinski definition) is 3. The summed E-state index contributed by atoms with van der Waals surface area (Å²) in [6, 6.07) is 14.5. The zero-order chi connectivity index (χ0) is 17.8. The number of rotatable bonds is 6. The summed E-state index contributed by atoms with van der Waals surface area (Å²) in [6.07, 6.45) is 1.02. The van der Waals surface area contributed by atoms with Gasteiger partial charge in [0.05, 0.1) is 22.8 Å². The second-order valence-electron chi connectivity index (χ2n) is 6.24. The molecule has 1 heterocycles. The lowest BCUT2D eigenvalue weighted by Crippen LogP contribution is -2.28. The van der Waals surface area contributed by atoms with Crippen molar-refractivity contribution >= 4 is 28.7 Å². The van der Waals surface area contributed by atoms with Gasteiger partial charge in [-0.1, -0.05) is 49.0 Å². The number of carbonyl (C=O) groups is 1. The molecule has 1 amide bonds. The van der Waals surface area contributed by atoms with E-state index in [1.54, 1.807) is 0 Å². The molecule has 0 radical (unpaired) electrons. The van der Waals surface area contributed by atoms with Crippen LogP contribution >= 0.6 is 11.8 Å². The number of thioether (sulfide) groups is 1. The van der Waals surface area contributed by atoms with Crippen molar-refractivity contribution in [3.63, 3.8) is 0 Å². The smallest absolute Gasteiger partial charge is 0.230 e. The number of aromatic nitrogens is 2. The Morgan fingerprint density at radius 2 is 2.00 bits per heavy atom. The van der Waals surface area contributed by atoms with E-state index < -0.39 is 0 Å². The van der Waals surface area contributed by atoms with Crippen molar-refractivity contribution in [3.8, 4) is 0 Å². The number of aryl methyl sites for hydroxylation is 2. The zero-order valence-electron chi connectivity index (χ0n) is 14.8. The number of aromatic amines is 1. The Bertz CT molecular complexity index is 870. The first kappa shape index (κ1) is 17.5. The third kappa shape index (κ3) is 4.42. The normalized spacial score (nSPS) is 12.3. The second kappa shape index (κ2) is 7.74. The van der Waals surface area contributed by atoms with Gasteiger partial charge >= 0.3 is 0 Å². The van der Waals surface area contributed by atoms with Gasteiger partial charge in [-0.25, -0.2) is 4.98 Å². The van der Waals surface area contributed by atoms with Crippen molar-refractivity contribution in [1.82, 2.24) is 15.3 Å². The third-order valence-electron chi connectivity index (χ3n) is 4.22. The highest BCUT2D eigenvalue weighted by atomic mass is 32.2. The van der Waals surface area contributed by atoms with Crippen LogP contribution in [0.15, 0.2) is 47.6 Å². The van der Waals surface area contributed by atoms with E-state index in [9.17, 15) is 4.79 Å².